The predicted octanol–water partition coefficient (Wildman–Crippen LogP) is 1.70. The molecule has 0 aliphatic carbocycles. The molecule has 0 aromatic carbocycles. The molecule has 0 unspecified atom stereocenters. The molecule has 0 amide bonds. The van der Waals surface area contributed by atoms with Crippen LogP contribution in [0.2, 0.25) is 0 Å². The zero-order valence-corrected chi connectivity index (χ0v) is 17.6. The maximum absolute atomic E-state index is 10.0. The first-order valence-corrected chi connectivity index (χ1v) is 10.2. The van der Waals surface area contributed by atoms with E-state index in [2.05, 4.69) is 0 Å². The largest absolute Gasteiger partial charge is 2.00 e. The molecule has 6 nitrogen and oxygen atoms in total. The Labute approximate surface area is 174 Å². The molecule has 0 aromatic rings. The standard InChI is InChI=1S/2C10H20O3.Ni/c2*11-9-7-5-3-1-2-4-6-8-10(12)13;/h2*11H,1-9H2,(H,12,13);/q;;+2/p-2. The minimum atomic E-state index is -0.944. The number of unbranched alkanes of at least 4 members (excludes halogenated alkanes) is 12. The van der Waals surface area contributed by atoms with Crippen LogP contribution in [0.15, 0.2) is 0 Å². The summed E-state index contributed by atoms with van der Waals surface area (Å²) < 4.78 is 0. The molecule has 0 atom stereocenters. The molecule has 0 bridgehead atoms. The molecule has 27 heavy (non-hydrogen) atoms. The van der Waals surface area contributed by atoms with E-state index in [4.69, 9.17) is 10.2 Å². The van der Waals surface area contributed by atoms with Crippen LogP contribution in [0.1, 0.15) is 103 Å². The third-order valence-electron chi connectivity index (χ3n) is 4.08. The second-order valence-corrected chi connectivity index (χ2v) is 6.64. The van der Waals surface area contributed by atoms with Crippen LogP contribution in [-0.4, -0.2) is 35.4 Å². The van der Waals surface area contributed by atoms with Crippen molar-refractivity contribution in [3.8, 4) is 0 Å². The molecule has 0 saturated carbocycles. The van der Waals surface area contributed by atoms with Crippen molar-refractivity contribution in [2.24, 2.45) is 0 Å². The van der Waals surface area contributed by atoms with Crippen LogP contribution < -0.4 is 10.2 Å². The van der Waals surface area contributed by atoms with Gasteiger partial charge in [-0.1, -0.05) is 64.2 Å². The van der Waals surface area contributed by atoms with Gasteiger partial charge in [-0.05, 0) is 38.5 Å². The van der Waals surface area contributed by atoms with Crippen molar-refractivity contribution in [1.29, 1.82) is 0 Å². The van der Waals surface area contributed by atoms with E-state index in [1.807, 2.05) is 0 Å². The second-order valence-electron chi connectivity index (χ2n) is 6.64. The van der Waals surface area contributed by atoms with Gasteiger partial charge in [-0.3, -0.25) is 0 Å². The number of aliphatic hydroxyl groups is 2. The predicted molar refractivity (Wildman–Crippen MR) is 98.1 cm³/mol. The van der Waals surface area contributed by atoms with Crippen LogP contribution in [0.5, 0.6) is 0 Å². The quantitative estimate of drug-likeness (QED) is 0.251. The summed E-state index contributed by atoms with van der Waals surface area (Å²) in [5, 5.41) is 37.1. The van der Waals surface area contributed by atoms with Crippen molar-refractivity contribution in [2.75, 3.05) is 13.2 Å². The first-order chi connectivity index (χ1) is 12.5. The van der Waals surface area contributed by atoms with Crippen molar-refractivity contribution in [3.63, 3.8) is 0 Å². The molecule has 0 spiro atoms. The van der Waals surface area contributed by atoms with Crippen molar-refractivity contribution < 1.29 is 46.5 Å². The van der Waals surface area contributed by atoms with Crippen LogP contribution in [0.25, 0.3) is 0 Å². The van der Waals surface area contributed by atoms with Gasteiger partial charge in [0.15, 0.2) is 0 Å². The summed E-state index contributed by atoms with van der Waals surface area (Å²) in [6.07, 6.45) is 14.5. The van der Waals surface area contributed by atoms with Gasteiger partial charge in [0.2, 0.25) is 0 Å². The Morgan fingerprint density at radius 3 is 0.926 bits per heavy atom. The normalized spacial score (nSPS) is 9.85. The van der Waals surface area contributed by atoms with Gasteiger partial charge >= 0.3 is 16.5 Å². The smallest absolute Gasteiger partial charge is 0.550 e. The molecule has 0 aromatic heterocycles. The van der Waals surface area contributed by atoms with Gasteiger partial charge in [0, 0.05) is 25.2 Å². The van der Waals surface area contributed by atoms with Crippen LogP contribution in [0.3, 0.4) is 0 Å². The number of carboxylic acids is 2. The molecule has 0 rings (SSSR count). The number of carbonyl (C=O) groups is 2. The van der Waals surface area contributed by atoms with Crippen molar-refractivity contribution >= 4 is 11.9 Å². The Balaban J connectivity index is -0.000000411. The average Bonchev–Trinajstić information content (AvgIpc) is 2.60. The summed E-state index contributed by atoms with van der Waals surface area (Å²) in [4.78, 5) is 20.1. The van der Waals surface area contributed by atoms with E-state index in [-0.39, 0.29) is 42.5 Å². The van der Waals surface area contributed by atoms with Gasteiger partial charge in [-0.25, -0.2) is 0 Å². The van der Waals surface area contributed by atoms with Gasteiger partial charge in [0.1, 0.15) is 0 Å². The van der Waals surface area contributed by atoms with Gasteiger partial charge in [-0.2, -0.15) is 0 Å². The third-order valence-corrected chi connectivity index (χ3v) is 4.08. The Morgan fingerprint density at radius 1 is 0.481 bits per heavy atom. The summed E-state index contributed by atoms with van der Waals surface area (Å²) in [6.45, 7) is 0.565. The zero-order valence-electron chi connectivity index (χ0n) is 16.6. The SMILES string of the molecule is O=C([O-])CCCCCCCCCO.O=C([O-])CCCCCCCCCO.[Ni+2]. The number of hydrogen-bond donors (Lipinski definition) is 2. The van der Waals surface area contributed by atoms with Crippen LogP contribution in [0.4, 0.5) is 0 Å². The van der Waals surface area contributed by atoms with E-state index in [1.54, 1.807) is 0 Å². The number of carboxylic acid groups (broad SMARTS) is 2. The number of hydrogen-bond acceptors (Lipinski definition) is 6. The molecule has 7 heteroatoms. The van der Waals surface area contributed by atoms with E-state index >= 15 is 0 Å². The van der Waals surface area contributed by atoms with E-state index < -0.39 is 11.9 Å². The Kier molecular flexibility index (Phi) is 31.7. The summed E-state index contributed by atoms with van der Waals surface area (Å²) >= 11 is 0. The molecular formula is C20H38NiO6. The monoisotopic (exact) mass is 432 g/mol. The maximum Gasteiger partial charge on any atom is 2.00 e. The fourth-order valence-electron chi connectivity index (χ4n) is 2.53. The first kappa shape index (κ1) is 31.1. The summed E-state index contributed by atoms with van der Waals surface area (Å²) in [7, 11) is 0. The van der Waals surface area contributed by atoms with Gasteiger partial charge in [0.05, 0.1) is 0 Å². The maximum atomic E-state index is 10.0. The molecule has 0 fully saturated rings. The van der Waals surface area contributed by atoms with Crippen LogP contribution in [-0.2, 0) is 26.1 Å². The molecular weight excluding hydrogens is 395 g/mol. The fraction of sp³-hybridized carbons (Fsp3) is 0.900. The third kappa shape index (κ3) is 36.9. The number of aliphatic carboxylic acids is 2. The first-order valence-electron chi connectivity index (χ1n) is 10.2. The number of carbonyl (C=O) groups excluding carboxylic acids is 2. The number of rotatable bonds is 18. The van der Waals surface area contributed by atoms with Gasteiger partial charge < -0.3 is 30.0 Å². The minimum absolute atomic E-state index is 0. The van der Waals surface area contributed by atoms with Gasteiger partial charge in [0.25, 0.3) is 0 Å². The average molecular weight is 433 g/mol. The summed E-state index contributed by atoms with van der Waals surface area (Å²) in [6, 6.07) is 0. The van der Waals surface area contributed by atoms with E-state index in [0.717, 1.165) is 89.9 Å². The van der Waals surface area contributed by atoms with E-state index in [0.29, 0.717) is 0 Å². The van der Waals surface area contributed by atoms with Crippen molar-refractivity contribution in [2.45, 2.75) is 103 Å². The Bertz CT molecular complexity index is 283. The van der Waals surface area contributed by atoms with Gasteiger partial charge in [-0.15, -0.1) is 0 Å². The minimum Gasteiger partial charge on any atom is -0.550 e. The topological polar surface area (TPSA) is 121 Å². The molecule has 2 N–H and O–H groups in total. The molecule has 0 aliphatic heterocycles. The molecule has 0 saturated heterocycles. The number of aliphatic hydroxyl groups excluding tert-OH is 2. The molecule has 164 valence electrons. The summed E-state index contributed by atoms with van der Waals surface area (Å²) in [5.74, 6) is -1.89. The van der Waals surface area contributed by atoms with Crippen LogP contribution >= 0.6 is 0 Å². The van der Waals surface area contributed by atoms with Crippen molar-refractivity contribution in [3.05, 3.63) is 0 Å². The van der Waals surface area contributed by atoms with E-state index in [1.165, 1.54) is 0 Å². The Morgan fingerprint density at radius 2 is 0.704 bits per heavy atom. The van der Waals surface area contributed by atoms with Crippen LogP contribution in [0, 0.1) is 0 Å². The zero-order chi connectivity index (χ0) is 19.9. The fourth-order valence-corrected chi connectivity index (χ4v) is 2.53. The second kappa shape index (κ2) is 27.6. The van der Waals surface area contributed by atoms with Crippen molar-refractivity contribution in [1.82, 2.24) is 0 Å². The molecule has 0 heterocycles. The Hall–Kier alpha value is -0.646. The molecule has 0 radical (unpaired) electrons. The molecule has 0 aliphatic rings. The van der Waals surface area contributed by atoms with E-state index in [9.17, 15) is 19.8 Å². The summed E-state index contributed by atoms with van der Waals surface area (Å²) in [5.41, 5.74) is 0.